The van der Waals surface area contributed by atoms with Crippen LogP contribution in [0.5, 0.6) is 0 Å². The monoisotopic (exact) mass is 1140 g/mol. The van der Waals surface area contributed by atoms with Crippen LogP contribution in [0.3, 0.4) is 0 Å². The molecule has 0 aromatic heterocycles. The second kappa shape index (κ2) is 69.3. The van der Waals surface area contributed by atoms with Gasteiger partial charge < -0.3 is 14.2 Å². The lowest BCUT2D eigenvalue weighted by Crippen LogP contribution is -2.30. The van der Waals surface area contributed by atoms with Crippen LogP contribution >= 0.6 is 0 Å². The molecule has 0 aromatic carbocycles. The molecule has 0 aliphatic carbocycles. The summed E-state index contributed by atoms with van der Waals surface area (Å²) in [6.07, 6.45) is 96.3. The smallest absolute Gasteiger partial charge is 0.306 e. The van der Waals surface area contributed by atoms with Gasteiger partial charge in [-0.1, -0.05) is 290 Å². The molecule has 0 bridgehead atoms. The van der Waals surface area contributed by atoms with E-state index in [-0.39, 0.29) is 31.1 Å². The molecule has 1 unspecified atom stereocenters. The average Bonchev–Trinajstić information content (AvgIpc) is 3.47. The van der Waals surface area contributed by atoms with Crippen molar-refractivity contribution < 1.29 is 28.6 Å². The SMILES string of the molecule is CC/C=C\C/C=C\C/C=C\C/C=C\C/C=C\C/C=C\CCCCCCCCC(=O)OCC(COC(=O)CCCCCCCCC/C=C\C/C=C\CCCCCC)OC(=O)CCCCCCCCCCC/C=C\C/C=C\CCCCCCC. The lowest BCUT2D eigenvalue weighted by molar-refractivity contribution is -0.167. The summed E-state index contributed by atoms with van der Waals surface area (Å²) in [5.41, 5.74) is 0. The van der Waals surface area contributed by atoms with Gasteiger partial charge in [0.15, 0.2) is 6.10 Å². The summed E-state index contributed by atoms with van der Waals surface area (Å²) in [6, 6.07) is 0. The van der Waals surface area contributed by atoms with Crippen LogP contribution in [0, 0.1) is 0 Å². The van der Waals surface area contributed by atoms with Crippen LogP contribution in [0.25, 0.3) is 0 Å². The van der Waals surface area contributed by atoms with Crippen molar-refractivity contribution in [3.63, 3.8) is 0 Å². The number of hydrogen-bond donors (Lipinski definition) is 0. The molecule has 0 radical (unpaired) electrons. The summed E-state index contributed by atoms with van der Waals surface area (Å²) in [5.74, 6) is -0.907. The lowest BCUT2D eigenvalue weighted by atomic mass is 10.1. The molecule has 0 rings (SSSR count). The summed E-state index contributed by atoms with van der Waals surface area (Å²) >= 11 is 0. The molecular weight excluding hydrogens is 1010 g/mol. The molecule has 0 amide bonds. The maximum atomic E-state index is 13.0. The van der Waals surface area contributed by atoms with E-state index in [1.54, 1.807) is 0 Å². The van der Waals surface area contributed by atoms with Gasteiger partial charge in [0.05, 0.1) is 0 Å². The predicted molar refractivity (Wildman–Crippen MR) is 357 cm³/mol. The second-order valence-corrected chi connectivity index (χ2v) is 22.7. The van der Waals surface area contributed by atoms with Crippen LogP contribution in [-0.2, 0) is 28.6 Å². The number of unbranched alkanes of at least 4 members (excludes halogenated alkanes) is 31. The fourth-order valence-electron chi connectivity index (χ4n) is 9.51. The summed E-state index contributed by atoms with van der Waals surface area (Å²) in [7, 11) is 0. The van der Waals surface area contributed by atoms with Gasteiger partial charge in [-0.15, -0.1) is 0 Å². The van der Waals surface area contributed by atoms with E-state index >= 15 is 0 Å². The first-order valence-corrected chi connectivity index (χ1v) is 34.5. The highest BCUT2D eigenvalue weighted by atomic mass is 16.6. The first kappa shape index (κ1) is 77.8. The Morgan fingerprint density at radius 1 is 0.256 bits per heavy atom. The number of esters is 3. The summed E-state index contributed by atoms with van der Waals surface area (Å²) in [6.45, 7) is 6.51. The molecule has 0 aliphatic heterocycles. The quantitative estimate of drug-likeness (QED) is 0.0261. The molecule has 6 nitrogen and oxygen atoms in total. The third kappa shape index (κ3) is 66.6. The molecule has 0 aromatic rings. The molecule has 0 saturated carbocycles. The molecule has 1 atom stereocenters. The highest BCUT2D eigenvalue weighted by Crippen LogP contribution is 2.16. The highest BCUT2D eigenvalue weighted by molar-refractivity contribution is 5.71. The normalized spacial score (nSPS) is 12.9. The van der Waals surface area contributed by atoms with E-state index in [2.05, 4.69) is 142 Å². The Kier molecular flexibility index (Phi) is 65.8. The standard InChI is InChI=1S/C76H128O6/c1-4-7-10-13-16-19-22-25-28-31-34-36-37-38-39-41-42-45-48-51-54-57-60-63-66-69-75(78)81-72-73(71-80-74(77)68-65-62-59-56-53-50-47-44-33-30-27-24-21-18-15-12-9-6-3)82-76(79)70-67-64-61-58-55-52-49-46-43-40-35-32-29-26-23-20-17-14-11-8-5-2/h7,10,16,19,21,23-26,28,30,32-36,38-39,42,45,73H,4-6,8-9,11-15,17-18,20,22,27,29,31,37,40-41,43-44,46-72H2,1-3H3/b10-7-,19-16-,24-21-,26-23-,28-25-,33-30-,35-32-,36-34-,39-38-,45-42-. The van der Waals surface area contributed by atoms with Gasteiger partial charge in [-0.05, 0) is 135 Å². The van der Waals surface area contributed by atoms with Crippen LogP contribution in [-0.4, -0.2) is 37.2 Å². The lowest BCUT2D eigenvalue weighted by Gasteiger charge is -2.18. The minimum atomic E-state index is -0.796. The molecule has 0 heterocycles. The summed E-state index contributed by atoms with van der Waals surface area (Å²) < 4.78 is 17.0. The zero-order valence-corrected chi connectivity index (χ0v) is 53.7. The number of allylic oxidation sites excluding steroid dienone is 20. The fraction of sp³-hybridized carbons (Fsp3) is 0.697. The van der Waals surface area contributed by atoms with E-state index in [4.69, 9.17) is 14.2 Å². The highest BCUT2D eigenvalue weighted by Gasteiger charge is 2.19. The third-order valence-electron chi connectivity index (χ3n) is 14.7. The molecule has 0 N–H and O–H groups in total. The second-order valence-electron chi connectivity index (χ2n) is 22.7. The first-order chi connectivity index (χ1) is 40.5. The van der Waals surface area contributed by atoms with Crippen molar-refractivity contribution in [2.75, 3.05) is 13.2 Å². The van der Waals surface area contributed by atoms with Crippen molar-refractivity contribution in [2.24, 2.45) is 0 Å². The van der Waals surface area contributed by atoms with Crippen LogP contribution in [0.1, 0.15) is 323 Å². The maximum absolute atomic E-state index is 13.0. The Labute approximate surface area is 507 Å². The van der Waals surface area contributed by atoms with Crippen LogP contribution < -0.4 is 0 Å². The van der Waals surface area contributed by atoms with Gasteiger partial charge in [-0.25, -0.2) is 0 Å². The van der Waals surface area contributed by atoms with Gasteiger partial charge >= 0.3 is 17.9 Å². The fourth-order valence-corrected chi connectivity index (χ4v) is 9.51. The predicted octanol–water partition coefficient (Wildman–Crippen LogP) is 23.9. The molecule has 6 heteroatoms. The maximum Gasteiger partial charge on any atom is 0.306 e. The van der Waals surface area contributed by atoms with Crippen LogP contribution in [0.2, 0.25) is 0 Å². The van der Waals surface area contributed by atoms with E-state index in [9.17, 15) is 14.4 Å². The number of carbonyl (C=O) groups is 3. The van der Waals surface area contributed by atoms with Crippen molar-refractivity contribution in [1.82, 2.24) is 0 Å². The molecule has 82 heavy (non-hydrogen) atoms. The van der Waals surface area contributed by atoms with Gasteiger partial charge in [0, 0.05) is 19.3 Å². The van der Waals surface area contributed by atoms with Crippen LogP contribution in [0.15, 0.2) is 122 Å². The minimum Gasteiger partial charge on any atom is -0.462 e. The van der Waals surface area contributed by atoms with Crippen molar-refractivity contribution in [2.45, 2.75) is 329 Å². The molecule has 0 fully saturated rings. The van der Waals surface area contributed by atoms with E-state index in [1.165, 1.54) is 154 Å². The van der Waals surface area contributed by atoms with Crippen LogP contribution in [0.4, 0.5) is 0 Å². The molecule has 0 saturated heterocycles. The van der Waals surface area contributed by atoms with E-state index in [0.29, 0.717) is 19.3 Å². The summed E-state index contributed by atoms with van der Waals surface area (Å²) in [4.78, 5) is 38.5. The Morgan fingerprint density at radius 3 is 0.756 bits per heavy atom. The van der Waals surface area contributed by atoms with Crippen molar-refractivity contribution >= 4 is 17.9 Å². The van der Waals surface area contributed by atoms with Gasteiger partial charge in [0.25, 0.3) is 0 Å². The number of ether oxygens (including phenoxy) is 3. The molecule has 468 valence electrons. The van der Waals surface area contributed by atoms with Gasteiger partial charge in [-0.2, -0.15) is 0 Å². The first-order valence-electron chi connectivity index (χ1n) is 34.5. The number of hydrogen-bond acceptors (Lipinski definition) is 6. The Bertz CT molecular complexity index is 1690. The van der Waals surface area contributed by atoms with E-state index in [0.717, 1.165) is 128 Å². The molecular formula is C76H128O6. The third-order valence-corrected chi connectivity index (χ3v) is 14.7. The van der Waals surface area contributed by atoms with Gasteiger partial charge in [0.2, 0.25) is 0 Å². The Hall–Kier alpha value is -4.19. The molecule has 0 spiro atoms. The Morgan fingerprint density at radius 2 is 0.476 bits per heavy atom. The largest absolute Gasteiger partial charge is 0.462 e. The van der Waals surface area contributed by atoms with E-state index < -0.39 is 6.10 Å². The van der Waals surface area contributed by atoms with E-state index in [1.807, 2.05) is 0 Å². The van der Waals surface area contributed by atoms with Crippen molar-refractivity contribution in [3.8, 4) is 0 Å². The number of rotatable bonds is 62. The topological polar surface area (TPSA) is 78.9 Å². The minimum absolute atomic E-state index is 0.0901. The van der Waals surface area contributed by atoms with Gasteiger partial charge in [-0.3, -0.25) is 14.4 Å². The average molecular weight is 1140 g/mol. The zero-order valence-electron chi connectivity index (χ0n) is 53.7. The summed E-state index contributed by atoms with van der Waals surface area (Å²) in [5, 5.41) is 0. The van der Waals surface area contributed by atoms with Gasteiger partial charge in [0.1, 0.15) is 13.2 Å². The van der Waals surface area contributed by atoms with Crippen molar-refractivity contribution in [1.29, 1.82) is 0 Å². The van der Waals surface area contributed by atoms with Crippen molar-refractivity contribution in [3.05, 3.63) is 122 Å². The Balaban J connectivity index is 4.44. The zero-order chi connectivity index (χ0) is 59.2. The number of carbonyl (C=O) groups excluding carboxylic acids is 3. The molecule has 0 aliphatic rings.